The molecule has 130 valence electrons. The van der Waals surface area contributed by atoms with Crippen molar-refractivity contribution in [3.63, 3.8) is 0 Å². The highest BCUT2D eigenvalue weighted by molar-refractivity contribution is 5.73. The van der Waals surface area contributed by atoms with Crippen LogP contribution in [0.4, 0.5) is 0 Å². The average molecular weight is 314 g/mol. The van der Waals surface area contributed by atoms with Gasteiger partial charge in [0.2, 0.25) is 0 Å². The van der Waals surface area contributed by atoms with Gasteiger partial charge < -0.3 is 0 Å². The Morgan fingerprint density at radius 3 is 1.68 bits per heavy atom. The molecule has 4 nitrogen and oxygen atoms in total. The molecule has 0 atom stereocenters. The van der Waals surface area contributed by atoms with Crippen molar-refractivity contribution in [2.45, 2.75) is 98.3 Å². The third-order valence-corrected chi connectivity index (χ3v) is 3.39. The molecule has 0 aliphatic heterocycles. The van der Waals surface area contributed by atoms with E-state index in [-0.39, 0.29) is 11.8 Å². The monoisotopic (exact) mass is 314 g/mol. The first-order valence-electron chi connectivity index (χ1n) is 8.75. The van der Waals surface area contributed by atoms with Crippen molar-refractivity contribution in [3.05, 3.63) is 0 Å². The molecule has 0 radical (unpaired) electrons. The van der Waals surface area contributed by atoms with Gasteiger partial charge in [-0.05, 0) is 11.8 Å². The van der Waals surface area contributed by atoms with Crippen molar-refractivity contribution in [2.75, 3.05) is 0 Å². The van der Waals surface area contributed by atoms with E-state index in [4.69, 9.17) is 0 Å². The summed E-state index contributed by atoms with van der Waals surface area (Å²) in [5.74, 6) is -0.946. The van der Waals surface area contributed by atoms with Crippen LogP contribution in [0.5, 0.6) is 0 Å². The van der Waals surface area contributed by atoms with E-state index in [1.807, 2.05) is 20.8 Å². The molecule has 0 aromatic rings. The SMILES string of the molecule is CCCCCCCCCCCC(=O)OOC(=O)CC(C)(C)C. The topological polar surface area (TPSA) is 52.6 Å². The van der Waals surface area contributed by atoms with Gasteiger partial charge in [0, 0.05) is 0 Å². The van der Waals surface area contributed by atoms with Crippen LogP contribution in [-0.2, 0) is 19.4 Å². The van der Waals surface area contributed by atoms with Crippen LogP contribution in [0.25, 0.3) is 0 Å². The predicted octanol–water partition coefficient (Wildman–Crippen LogP) is 5.34. The molecule has 0 aliphatic carbocycles. The highest BCUT2D eigenvalue weighted by Crippen LogP contribution is 2.19. The second kappa shape index (κ2) is 12.5. The van der Waals surface area contributed by atoms with Gasteiger partial charge in [-0.25, -0.2) is 19.4 Å². The van der Waals surface area contributed by atoms with E-state index in [0.717, 1.165) is 19.3 Å². The first kappa shape index (κ1) is 20.9. The fraction of sp³-hybridized carbons (Fsp3) is 0.889. The van der Waals surface area contributed by atoms with Crippen molar-refractivity contribution in [3.8, 4) is 0 Å². The quantitative estimate of drug-likeness (QED) is 0.293. The number of carbonyl (C=O) groups is 2. The Hall–Kier alpha value is -1.06. The molecule has 0 unspecified atom stereocenters. The lowest BCUT2D eigenvalue weighted by Gasteiger charge is -2.15. The number of hydrogen-bond acceptors (Lipinski definition) is 4. The van der Waals surface area contributed by atoms with E-state index >= 15 is 0 Å². The van der Waals surface area contributed by atoms with E-state index < -0.39 is 11.9 Å². The minimum Gasteiger partial charge on any atom is -0.247 e. The van der Waals surface area contributed by atoms with E-state index in [1.165, 1.54) is 38.5 Å². The molecular weight excluding hydrogens is 280 g/mol. The Labute approximate surface area is 135 Å². The third kappa shape index (κ3) is 15.3. The van der Waals surface area contributed by atoms with Crippen LogP contribution in [0.2, 0.25) is 0 Å². The molecule has 0 amide bonds. The summed E-state index contributed by atoms with van der Waals surface area (Å²) in [6, 6.07) is 0. The van der Waals surface area contributed by atoms with Crippen molar-refractivity contribution in [2.24, 2.45) is 5.41 Å². The average Bonchev–Trinajstić information content (AvgIpc) is 2.41. The molecule has 0 N–H and O–H groups in total. The van der Waals surface area contributed by atoms with E-state index in [0.29, 0.717) is 6.42 Å². The maximum atomic E-state index is 11.4. The predicted molar refractivity (Wildman–Crippen MR) is 88.1 cm³/mol. The Balaban J connectivity index is 3.41. The van der Waals surface area contributed by atoms with Crippen molar-refractivity contribution in [1.29, 1.82) is 0 Å². The smallest absolute Gasteiger partial charge is 0.247 e. The van der Waals surface area contributed by atoms with Crippen LogP contribution in [0.15, 0.2) is 0 Å². The summed E-state index contributed by atoms with van der Waals surface area (Å²) in [6.07, 6.45) is 11.3. The molecule has 22 heavy (non-hydrogen) atoms. The number of hydrogen-bond donors (Lipinski definition) is 0. The Kier molecular flexibility index (Phi) is 11.9. The van der Waals surface area contributed by atoms with Gasteiger partial charge in [0.05, 0.1) is 12.8 Å². The molecule has 0 aromatic heterocycles. The normalized spacial score (nSPS) is 11.3. The van der Waals surface area contributed by atoms with Gasteiger partial charge in [0.1, 0.15) is 0 Å². The molecule has 0 spiro atoms. The third-order valence-electron chi connectivity index (χ3n) is 3.39. The first-order chi connectivity index (χ1) is 10.3. The molecule has 0 saturated carbocycles. The lowest BCUT2D eigenvalue weighted by Crippen LogP contribution is -2.17. The number of unbranched alkanes of at least 4 members (excludes halogenated alkanes) is 8. The van der Waals surface area contributed by atoms with E-state index in [1.54, 1.807) is 0 Å². The second-order valence-corrected chi connectivity index (χ2v) is 7.23. The zero-order valence-corrected chi connectivity index (χ0v) is 14.9. The fourth-order valence-electron chi connectivity index (χ4n) is 2.18. The van der Waals surface area contributed by atoms with Crippen LogP contribution >= 0.6 is 0 Å². The zero-order chi connectivity index (χ0) is 16.8. The van der Waals surface area contributed by atoms with Crippen molar-refractivity contribution in [1.82, 2.24) is 0 Å². The lowest BCUT2D eigenvalue weighted by molar-refractivity contribution is -0.260. The largest absolute Gasteiger partial charge is 0.356 e. The molecule has 0 saturated heterocycles. The van der Waals surface area contributed by atoms with E-state index in [9.17, 15) is 9.59 Å². The highest BCUT2D eigenvalue weighted by atomic mass is 17.2. The minimum atomic E-state index is -0.493. The van der Waals surface area contributed by atoms with Gasteiger partial charge in [-0.3, -0.25) is 0 Å². The molecule has 0 heterocycles. The summed E-state index contributed by atoms with van der Waals surface area (Å²) >= 11 is 0. The zero-order valence-electron chi connectivity index (χ0n) is 14.9. The summed E-state index contributed by atoms with van der Waals surface area (Å²) < 4.78 is 0. The maximum Gasteiger partial charge on any atom is 0.356 e. The van der Waals surface area contributed by atoms with E-state index in [2.05, 4.69) is 16.7 Å². The summed E-state index contributed by atoms with van der Waals surface area (Å²) in [5, 5.41) is 0. The van der Waals surface area contributed by atoms with Gasteiger partial charge in [-0.15, -0.1) is 0 Å². The van der Waals surface area contributed by atoms with Crippen LogP contribution in [-0.4, -0.2) is 11.9 Å². The maximum absolute atomic E-state index is 11.4. The molecule has 0 aliphatic rings. The van der Waals surface area contributed by atoms with Crippen LogP contribution in [0.1, 0.15) is 98.3 Å². The number of carbonyl (C=O) groups excluding carboxylic acids is 2. The van der Waals surface area contributed by atoms with Crippen molar-refractivity contribution >= 4 is 11.9 Å². The van der Waals surface area contributed by atoms with Crippen LogP contribution in [0.3, 0.4) is 0 Å². The van der Waals surface area contributed by atoms with Gasteiger partial charge in [0.15, 0.2) is 0 Å². The van der Waals surface area contributed by atoms with Gasteiger partial charge in [-0.2, -0.15) is 0 Å². The summed E-state index contributed by atoms with van der Waals surface area (Å²) in [4.78, 5) is 31.9. The number of rotatable bonds is 11. The Bertz CT molecular complexity index is 305. The van der Waals surface area contributed by atoms with Gasteiger partial charge >= 0.3 is 11.9 Å². The minimum absolute atomic E-state index is 0.166. The molecule has 4 heteroatoms. The second-order valence-electron chi connectivity index (χ2n) is 7.23. The van der Waals surface area contributed by atoms with Gasteiger partial charge in [-0.1, -0.05) is 79.1 Å². The van der Waals surface area contributed by atoms with Crippen molar-refractivity contribution < 1.29 is 19.4 Å². The molecular formula is C18H34O4. The standard InChI is InChI=1S/C18H34O4/c1-5-6-7-8-9-10-11-12-13-14-16(19)21-22-17(20)15-18(2,3)4/h5-15H2,1-4H3. The summed E-state index contributed by atoms with van der Waals surface area (Å²) in [5.41, 5.74) is -0.166. The highest BCUT2D eigenvalue weighted by Gasteiger charge is 2.19. The molecule has 0 bridgehead atoms. The lowest BCUT2D eigenvalue weighted by atomic mass is 9.93. The van der Waals surface area contributed by atoms with Gasteiger partial charge in [0.25, 0.3) is 0 Å². The Morgan fingerprint density at radius 1 is 0.727 bits per heavy atom. The molecule has 0 aromatic carbocycles. The molecule has 0 rings (SSSR count). The van der Waals surface area contributed by atoms with Crippen LogP contribution in [0, 0.1) is 5.41 Å². The summed E-state index contributed by atoms with van der Waals surface area (Å²) in [7, 11) is 0. The molecule has 0 fully saturated rings. The first-order valence-corrected chi connectivity index (χ1v) is 8.75. The Morgan fingerprint density at radius 2 is 1.18 bits per heavy atom. The summed E-state index contributed by atoms with van der Waals surface area (Å²) in [6.45, 7) is 8.01. The fourth-order valence-corrected chi connectivity index (χ4v) is 2.18. The van der Waals surface area contributed by atoms with Crippen LogP contribution < -0.4 is 0 Å².